The fourth-order valence-electron chi connectivity index (χ4n) is 2.34. The average molecular weight is 313 g/mol. The Morgan fingerprint density at radius 1 is 1.32 bits per heavy atom. The van der Waals surface area contributed by atoms with Crippen molar-refractivity contribution in [2.45, 2.75) is 19.6 Å². The molecular weight excluding hydrogens is 298 g/mol. The molecule has 0 saturated carbocycles. The number of hydrogen-bond acceptors (Lipinski definition) is 4. The molecule has 0 spiro atoms. The number of thiocarbonyl (C=S) groups is 1. The molecule has 0 amide bonds. The van der Waals surface area contributed by atoms with E-state index < -0.39 is 5.72 Å². The number of pyridine rings is 1. The predicted molar refractivity (Wildman–Crippen MR) is 89.7 cm³/mol. The Balaban J connectivity index is 2.27. The molecular formula is C16H15N3O2S. The summed E-state index contributed by atoms with van der Waals surface area (Å²) in [5, 5.41) is 0. The number of nitrogens with zero attached hydrogens (tertiary/aromatic N) is 2. The summed E-state index contributed by atoms with van der Waals surface area (Å²) < 4.78 is 7.35. The number of ether oxygens (including phenoxy) is 1. The molecule has 0 atom stereocenters. The van der Waals surface area contributed by atoms with E-state index in [0.29, 0.717) is 22.7 Å². The van der Waals surface area contributed by atoms with E-state index >= 15 is 0 Å². The molecule has 0 unspecified atom stereocenters. The Morgan fingerprint density at radius 3 is 2.77 bits per heavy atom. The van der Waals surface area contributed by atoms with Crippen molar-refractivity contribution in [3.63, 3.8) is 0 Å². The number of fused-ring (bicyclic) bond motifs is 1. The third kappa shape index (κ3) is 2.53. The van der Waals surface area contributed by atoms with E-state index in [1.54, 1.807) is 36.5 Å². The molecule has 2 heterocycles. The maximum atomic E-state index is 12.1. The SMILES string of the molecule is CC1(C)N=C(n2ccccc2=O)c2cc(C(N)=S)ccc2O1. The van der Waals surface area contributed by atoms with Crippen molar-refractivity contribution < 1.29 is 4.74 Å². The monoisotopic (exact) mass is 313 g/mol. The zero-order valence-electron chi connectivity index (χ0n) is 12.2. The summed E-state index contributed by atoms with van der Waals surface area (Å²) in [5.74, 6) is 1.17. The molecule has 1 aliphatic heterocycles. The second-order valence-corrected chi connectivity index (χ2v) is 5.91. The topological polar surface area (TPSA) is 69.6 Å². The smallest absolute Gasteiger partial charge is 0.256 e. The highest BCUT2D eigenvalue weighted by atomic mass is 32.1. The van der Waals surface area contributed by atoms with Crippen LogP contribution in [-0.4, -0.2) is 21.1 Å². The molecule has 1 aromatic carbocycles. The van der Waals surface area contributed by atoms with Crippen LogP contribution in [0.1, 0.15) is 25.0 Å². The van der Waals surface area contributed by atoms with Gasteiger partial charge in [-0.25, -0.2) is 4.99 Å². The van der Waals surface area contributed by atoms with Gasteiger partial charge in [-0.1, -0.05) is 18.3 Å². The quantitative estimate of drug-likeness (QED) is 0.817. The fourth-order valence-corrected chi connectivity index (χ4v) is 2.47. The van der Waals surface area contributed by atoms with Crippen molar-refractivity contribution in [2.24, 2.45) is 10.7 Å². The molecule has 0 radical (unpaired) electrons. The van der Waals surface area contributed by atoms with E-state index in [0.717, 1.165) is 0 Å². The minimum Gasteiger partial charge on any atom is -0.466 e. The lowest BCUT2D eigenvalue weighted by molar-refractivity contribution is 0.114. The normalized spacial score (nSPS) is 15.5. The van der Waals surface area contributed by atoms with Crippen molar-refractivity contribution in [3.05, 3.63) is 64.1 Å². The molecule has 6 heteroatoms. The van der Waals surface area contributed by atoms with Crippen LogP contribution in [0.5, 0.6) is 5.75 Å². The van der Waals surface area contributed by atoms with Gasteiger partial charge in [0.15, 0.2) is 5.72 Å². The molecule has 0 aliphatic carbocycles. The highest BCUT2D eigenvalue weighted by molar-refractivity contribution is 7.80. The Morgan fingerprint density at radius 2 is 2.09 bits per heavy atom. The molecule has 2 aromatic rings. The zero-order chi connectivity index (χ0) is 15.9. The van der Waals surface area contributed by atoms with E-state index in [1.165, 1.54) is 10.6 Å². The number of benzene rings is 1. The van der Waals surface area contributed by atoms with Crippen LogP contribution in [0.3, 0.4) is 0 Å². The predicted octanol–water partition coefficient (Wildman–Crippen LogP) is 1.91. The van der Waals surface area contributed by atoms with Crippen molar-refractivity contribution in [2.75, 3.05) is 0 Å². The molecule has 0 bridgehead atoms. The third-order valence-corrected chi connectivity index (χ3v) is 3.53. The molecule has 22 heavy (non-hydrogen) atoms. The minimum atomic E-state index is -0.762. The minimum absolute atomic E-state index is 0.161. The van der Waals surface area contributed by atoms with Gasteiger partial charge in [-0.2, -0.15) is 0 Å². The van der Waals surface area contributed by atoms with Gasteiger partial charge in [-0.05, 0) is 38.1 Å². The van der Waals surface area contributed by atoms with Crippen LogP contribution >= 0.6 is 12.2 Å². The summed E-state index contributed by atoms with van der Waals surface area (Å²) in [6.07, 6.45) is 1.68. The van der Waals surface area contributed by atoms with Gasteiger partial charge in [0, 0.05) is 17.8 Å². The summed E-state index contributed by atoms with van der Waals surface area (Å²) in [5.41, 5.74) is 6.17. The lowest BCUT2D eigenvalue weighted by atomic mass is 10.1. The maximum absolute atomic E-state index is 12.1. The summed E-state index contributed by atoms with van der Waals surface area (Å²) in [6.45, 7) is 3.68. The van der Waals surface area contributed by atoms with Gasteiger partial charge in [-0.3, -0.25) is 9.36 Å². The molecule has 0 fully saturated rings. The average Bonchev–Trinajstić information content (AvgIpc) is 2.45. The van der Waals surface area contributed by atoms with Crippen molar-refractivity contribution in [3.8, 4) is 5.75 Å². The fraction of sp³-hybridized carbons (Fsp3) is 0.188. The maximum Gasteiger partial charge on any atom is 0.256 e. The summed E-state index contributed by atoms with van der Waals surface area (Å²) >= 11 is 5.02. The summed E-state index contributed by atoms with van der Waals surface area (Å²) in [7, 11) is 0. The Hall–Kier alpha value is -2.47. The van der Waals surface area contributed by atoms with Gasteiger partial charge in [0.05, 0.1) is 5.56 Å². The standard InChI is InChI=1S/C16H15N3O2S/c1-16(2)18-15(19-8-4-3-5-13(19)20)11-9-10(14(17)22)6-7-12(11)21-16/h3-9H,1-2H3,(H2,17,22). The van der Waals surface area contributed by atoms with Gasteiger partial charge in [0.2, 0.25) is 0 Å². The van der Waals surface area contributed by atoms with E-state index in [-0.39, 0.29) is 10.5 Å². The molecule has 3 rings (SSSR count). The number of aliphatic imine (C=N–C) groups is 1. The number of rotatable bonds is 1. The van der Waals surface area contributed by atoms with Crippen molar-refractivity contribution in [1.82, 2.24) is 4.57 Å². The molecule has 1 aliphatic rings. The second kappa shape index (κ2) is 5.06. The first-order chi connectivity index (χ1) is 10.4. The highest BCUT2D eigenvalue weighted by Crippen LogP contribution is 2.31. The van der Waals surface area contributed by atoms with Gasteiger partial charge in [0.25, 0.3) is 5.56 Å². The lowest BCUT2D eigenvalue weighted by Crippen LogP contribution is -2.37. The first kappa shape index (κ1) is 14.5. The first-order valence-corrected chi connectivity index (χ1v) is 7.19. The second-order valence-electron chi connectivity index (χ2n) is 5.47. The van der Waals surface area contributed by atoms with Crippen molar-refractivity contribution in [1.29, 1.82) is 0 Å². The number of hydrogen-bond donors (Lipinski definition) is 1. The number of nitrogens with two attached hydrogens (primary N) is 1. The molecule has 1 aromatic heterocycles. The van der Waals surface area contributed by atoms with Gasteiger partial charge < -0.3 is 10.5 Å². The van der Waals surface area contributed by atoms with Crippen LogP contribution in [0.15, 0.2) is 52.4 Å². The Bertz CT molecular complexity index is 852. The third-order valence-electron chi connectivity index (χ3n) is 3.29. The molecule has 112 valence electrons. The first-order valence-electron chi connectivity index (χ1n) is 6.78. The van der Waals surface area contributed by atoms with E-state index in [2.05, 4.69) is 4.99 Å². The largest absolute Gasteiger partial charge is 0.466 e. The van der Waals surface area contributed by atoms with Gasteiger partial charge in [-0.15, -0.1) is 0 Å². The van der Waals surface area contributed by atoms with Gasteiger partial charge in [0.1, 0.15) is 16.6 Å². The Labute approximate surface area is 133 Å². The number of aromatic nitrogens is 1. The Kier molecular flexibility index (Phi) is 3.33. The lowest BCUT2D eigenvalue weighted by Gasteiger charge is -2.30. The van der Waals surface area contributed by atoms with Crippen LogP contribution in [0, 0.1) is 0 Å². The van der Waals surface area contributed by atoms with E-state index in [9.17, 15) is 4.79 Å². The highest BCUT2D eigenvalue weighted by Gasteiger charge is 2.29. The van der Waals surface area contributed by atoms with Crippen LogP contribution < -0.4 is 16.0 Å². The summed E-state index contributed by atoms with van der Waals surface area (Å²) in [6, 6.07) is 10.4. The van der Waals surface area contributed by atoms with Crippen molar-refractivity contribution >= 4 is 23.0 Å². The van der Waals surface area contributed by atoms with Crippen LogP contribution in [0.2, 0.25) is 0 Å². The molecule has 0 saturated heterocycles. The molecule has 5 nitrogen and oxygen atoms in total. The summed E-state index contributed by atoms with van der Waals surface area (Å²) in [4.78, 5) is 17.0. The van der Waals surface area contributed by atoms with Crippen LogP contribution in [0.25, 0.3) is 0 Å². The van der Waals surface area contributed by atoms with E-state index in [1.807, 2.05) is 13.8 Å². The van der Waals surface area contributed by atoms with Gasteiger partial charge >= 0.3 is 0 Å². The van der Waals surface area contributed by atoms with Crippen LogP contribution in [0.4, 0.5) is 0 Å². The zero-order valence-corrected chi connectivity index (χ0v) is 13.1. The van der Waals surface area contributed by atoms with Crippen LogP contribution in [-0.2, 0) is 0 Å². The molecule has 2 N–H and O–H groups in total. The van der Waals surface area contributed by atoms with E-state index in [4.69, 9.17) is 22.7 Å².